The summed E-state index contributed by atoms with van der Waals surface area (Å²) in [5.74, 6) is 0. The van der Waals surface area contributed by atoms with Crippen molar-refractivity contribution in [3.8, 4) is 0 Å². The highest BCUT2D eigenvalue weighted by molar-refractivity contribution is 5.42. The molecule has 2 heterocycles. The first-order valence-corrected chi connectivity index (χ1v) is 5.72. The van der Waals surface area contributed by atoms with E-state index in [9.17, 15) is 0 Å². The first-order chi connectivity index (χ1) is 6.93. The molecule has 1 saturated carbocycles. The monoisotopic (exact) mass is 191 g/mol. The number of nitrogens with zero attached hydrogens (tertiary/aromatic N) is 3. The van der Waals surface area contributed by atoms with Gasteiger partial charge in [0.15, 0.2) is 0 Å². The van der Waals surface area contributed by atoms with Crippen LogP contribution in [0, 0.1) is 0 Å². The maximum Gasteiger partial charge on any atom is 0.0752 e. The van der Waals surface area contributed by atoms with Gasteiger partial charge in [0, 0.05) is 19.3 Å². The van der Waals surface area contributed by atoms with Gasteiger partial charge in [0.25, 0.3) is 0 Å². The highest BCUT2D eigenvalue weighted by Crippen LogP contribution is 2.35. The summed E-state index contributed by atoms with van der Waals surface area (Å²) in [6.45, 7) is 2.44. The first kappa shape index (κ1) is 8.33. The van der Waals surface area contributed by atoms with E-state index in [0.717, 1.165) is 0 Å². The maximum atomic E-state index is 4.43. The predicted molar refractivity (Wildman–Crippen MR) is 56.6 cm³/mol. The Morgan fingerprint density at radius 1 is 1.14 bits per heavy atom. The molecule has 0 aromatic carbocycles. The number of anilines is 1. The number of piperidine rings is 1. The van der Waals surface area contributed by atoms with Crippen LogP contribution in [0.4, 0.5) is 5.69 Å². The smallest absolute Gasteiger partial charge is 0.0752 e. The highest BCUT2D eigenvalue weighted by atomic mass is 15.3. The molecule has 1 aliphatic carbocycles. The molecule has 76 valence electrons. The molecule has 14 heavy (non-hydrogen) atoms. The van der Waals surface area contributed by atoms with Gasteiger partial charge in [-0.1, -0.05) is 0 Å². The van der Waals surface area contributed by atoms with Crippen LogP contribution in [0.25, 0.3) is 0 Å². The summed E-state index contributed by atoms with van der Waals surface area (Å²) in [6, 6.07) is 0.716. The summed E-state index contributed by atoms with van der Waals surface area (Å²) in [6.07, 6.45) is 11.0. The van der Waals surface area contributed by atoms with E-state index >= 15 is 0 Å². The van der Waals surface area contributed by atoms with E-state index in [-0.39, 0.29) is 0 Å². The molecule has 0 spiro atoms. The Morgan fingerprint density at radius 2 is 1.93 bits per heavy atom. The average molecular weight is 191 g/mol. The van der Waals surface area contributed by atoms with Crippen LogP contribution in [-0.2, 0) is 0 Å². The molecular weight excluding hydrogens is 174 g/mol. The zero-order valence-electron chi connectivity index (χ0n) is 8.52. The molecule has 0 bridgehead atoms. The summed E-state index contributed by atoms with van der Waals surface area (Å²) in [5.41, 5.74) is 1.33. The summed E-state index contributed by atoms with van der Waals surface area (Å²) in [7, 11) is 0. The van der Waals surface area contributed by atoms with Gasteiger partial charge in [0.05, 0.1) is 17.9 Å². The Kier molecular flexibility index (Phi) is 1.96. The van der Waals surface area contributed by atoms with Crippen LogP contribution in [0.3, 0.4) is 0 Å². The normalized spacial score (nSPS) is 22.7. The molecule has 2 aliphatic rings. The maximum absolute atomic E-state index is 4.43. The van der Waals surface area contributed by atoms with E-state index in [0.29, 0.717) is 6.04 Å². The molecule has 1 aromatic rings. The molecule has 0 atom stereocenters. The summed E-state index contributed by atoms with van der Waals surface area (Å²) >= 11 is 0. The van der Waals surface area contributed by atoms with Crippen LogP contribution in [-0.4, -0.2) is 22.9 Å². The molecule has 0 N–H and O–H groups in total. The lowest BCUT2D eigenvalue weighted by Gasteiger charge is -2.27. The molecule has 3 nitrogen and oxygen atoms in total. The van der Waals surface area contributed by atoms with Crippen molar-refractivity contribution in [1.82, 2.24) is 9.78 Å². The van der Waals surface area contributed by atoms with Gasteiger partial charge in [0.2, 0.25) is 0 Å². The molecule has 2 fully saturated rings. The summed E-state index contributed by atoms with van der Waals surface area (Å²) < 4.78 is 2.14. The van der Waals surface area contributed by atoms with Crippen LogP contribution < -0.4 is 4.90 Å². The Balaban J connectivity index is 1.74. The van der Waals surface area contributed by atoms with Crippen molar-refractivity contribution in [2.24, 2.45) is 0 Å². The van der Waals surface area contributed by atoms with Gasteiger partial charge in [-0.15, -0.1) is 0 Å². The van der Waals surface area contributed by atoms with Crippen molar-refractivity contribution in [3.05, 3.63) is 12.4 Å². The van der Waals surface area contributed by atoms with E-state index in [1.54, 1.807) is 0 Å². The van der Waals surface area contributed by atoms with Crippen molar-refractivity contribution < 1.29 is 0 Å². The third-order valence-corrected chi connectivity index (χ3v) is 3.23. The van der Waals surface area contributed by atoms with Crippen molar-refractivity contribution >= 4 is 5.69 Å². The van der Waals surface area contributed by atoms with Crippen LogP contribution in [0.2, 0.25) is 0 Å². The summed E-state index contributed by atoms with van der Waals surface area (Å²) in [5, 5.41) is 4.43. The van der Waals surface area contributed by atoms with Crippen LogP contribution in [0.1, 0.15) is 38.1 Å². The lowest BCUT2D eigenvalue weighted by Crippen LogP contribution is -2.28. The first-order valence-electron chi connectivity index (χ1n) is 5.72. The third-order valence-electron chi connectivity index (χ3n) is 3.23. The van der Waals surface area contributed by atoms with Gasteiger partial charge < -0.3 is 4.90 Å². The molecular formula is C11H17N3. The molecule has 0 radical (unpaired) electrons. The van der Waals surface area contributed by atoms with Gasteiger partial charge in [0.1, 0.15) is 0 Å². The van der Waals surface area contributed by atoms with Crippen molar-refractivity contribution in [1.29, 1.82) is 0 Å². The van der Waals surface area contributed by atoms with E-state index in [2.05, 4.69) is 20.9 Å². The topological polar surface area (TPSA) is 21.1 Å². The average Bonchev–Trinajstić information content (AvgIpc) is 2.98. The van der Waals surface area contributed by atoms with Crippen LogP contribution in [0.5, 0.6) is 0 Å². The number of hydrogen-bond acceptors (Lipinski definition) is 2. The minimum absolute atomic E-state index is 0.716. The fourth-order valence-electron chi connectivity index (χ4n) is 2.18. The van der Waals surface area contributed by atoms with Crippen molar-refractivity contribution in [3.63, 3.8) is 0 Å². The highest BCUT2D eigenvalue weighted by Gasteiger charge is 2.25. The lowest BCUT2D eigenvalue weighted by atomic mass is 10.1. The third kappa shape index (κ3) is 1.51. The second-order valence-electron chi connectivity index (χ2n) is 4.46. The van der Waals surface area contributed by atoms with Gasteiger partial charge in [-0.05, 0) is 32.1 Å². The second-order valence-corrected chi connectivity index (χ2v) is 4.46. The minimum Gasteiger partial charge on any atom is -0.369 e. The zero-order valence-corrected chi connectivity index (χ0v) is 8.52. The fourth-order valence-corrected chi connectivity index (χ4v) is 2.18. The van der Waals surface area contributed by atoms with Gasteiger partial charge in [-0.3, -0.25) is 4.68 Å². The number of hydrogen-bond donors (Lipinski definition) is 0. The SMILES string of the molecule is c1nn(C2CC2)cc1N1CCCCC1. The fraction of sp³-hybridized carbons (Fsp3) is 0.727. The molecule has 1 aliphatic heterocycles. The standard InChI is InChI=1S/C11H17N3/c1-2-6-13(7-3-1)11-8-12-14(9-11)10-4-5-10/h8-10H,1-7H2. The van der Waals surface area contributed by atoms with Gasteiger partial charge >= 0.3 is 0 Å². The van der Waals surface area contributed by atoms with Crippen molar-refractivity contribution in [2.75, 3.05) is 18.0 Å². The van der Waals surface area contributed by atoms with Crippen LogP contribution in [0.15, 0.2) is 12.4 Å². The van der Waals surface area contributed by atoms with E-state index < -0.39 is 0 Å². The Morgan fingerprint density at radius 3 is 2.64 bits per heavy atom. The van der Waals surface area contributed by atoms with Gasteiger partial charge in [-0.2, -0.15) is 5.10 Å². The lowest BCUT2D eigenvalue weighted by molar-refractivity contribution is 0.577. The Bertz CT molecular complexity index is 308. The number of aromatic nitrogens is 2. The minimum atomic E-state index is 0.716. The molecule has 1 aromatic heterocycles. The molecule has 0 unspecified atom stereocenters. The molecule has 3 rings (SSSR count). The van der Waals surface area contributed by atoms with E-state index in [1.807, 2.05) is 6.20 Å². The van der Waals surface area contributed by atoms with E-state index in [1.165, 1.54) is 50.9 Å². The molecule has 1 saturated heterocycles. The molecule has 0 amide bonds. The van der Waals surface area contributed by atoms with E-state index in [4.69, 9.17) is 0 Å². The predicted octanol–water partition coefficient (Wildman–Crippen LogP) is 2.21. The van der Waals surface area contributed by atoms with Crippen LogP contribution >= 0.6 is 0 Å². The molecule has 3 heteroatoms. The quantitative estimate of drug-likeness (QED) is 0.714. The Hall–Kier alpha value is -0.990. The largest absolute Gasteiger partial charge is 0.369 e. The second kappa shape index (κ2) is 3.30. The van der Waals surface area contributed by atoms with Gasteiger partial charge in [-0.25, -0.2) is 0 Å². The summed E-state index contributed by atoms with van der Waals surface area (Å²) in [4.78, 5) is 2.47. The number of rotatable bonds is 2. The Labute approximate surface area is 84.7 Å². The van der Waals surface area contributed by atoms with Crippen molar-refractivity contribution in [2.45, 2.75) is 38.1 Å². The zero-order chi connectivity index (χ0) is 9.38.